The Balaban J connectivity index is 2.30. The molecule has 0 amide bonds. The first-order valence-corrected chi connectivity index (χ1v) is 7.57. The van der Waals surface area contributed by atoms with Crippen molar-refractivity contribution in [3.63, 3.8) is 0 Å². The first-order chi connectivity index (χ1) is 10.1. The molecule has 1 aromatic carbocycles. The minimum Gasteiger partial charge on any atom is -0.462 e. The van der Waals surface area contributed by atoms with E-state index in [4.69, 9.17) is 10.5 Å². The van der Waals surface area contributed by atoms with E-state index in [9.17, 15) is 9.18 Å². The molecule has 1 heterocycles. The predicted molar refractivity (Wildman–Crippen MR) is 82.0 cm³/mol. The maximum absolute atomic E-state index is 14.2. The molecule has 0 aromatic heterocycles. The van der Waals surface area contributed by atoms with Crippen LogP contribution in [0.5, 0.6) is 0 Å². The van der Waals surface area contributed by atoms with Gasteiger partial charge in [-0.15, -0.1) is 0 Å². The topological polar surface area (TPSA) is 55.6 Å². The van der Waals surface area contributed by atoms with Crippen molar-refractivity contribution in [2.75, 3.05) is 30.3 Å². The summed E-state index contributed by atoms with van der Waals surface area (Å²) in [6.45, 7) is 5.78. The van der Waals surface area contributed by atoms with Crippen molar-refractivity contribution in [2.24, 2.45) is 5.92 Å². The smallest absolute Gasteiger partial charge is 0.340 e. The van der Waals surface area contributed by atoms with Crippen LogP contribution in [0.3, 0.4) is 0 Å². The molecule has 5 heteroatoms. The molecule has 0 bridgehead atoms. The summed E-state index contributed by atoms with van der Waals surface area (Å²) >= 11 is 0. The van der Waals surface area contributed by atoms with Gasteiger partial charge >= 0.3 is 5.97 Å². The molecule has 4 nitrogen and oxygen atoms in total. The highest BCUT2D eigenvalue weighted by Crippen LogP contribution is 2.30. The van der Waals surface area contributed by atoms with Crippen LogP contribution < -0.4 is 10.6 Å². The van der Waals surface area contributed by atoms with Gasteiger partial charge in [-0.3, -0.25) is 0 Å². The number of piperidine rings is 1. The molecular weight excluding hydrogens is 271 g/mol. The zero-order chi connectivity index (χ0) is 15.4. The van der Waals surface area contributed by atoms with Gasteiger partial charge in [0.25, 0.3) is 0 Å². The Labute approximate surface area is 125 Å². The largest absolute Gasteiger partial charge is 0.462 e. The maximum Gasteiger partial charge on any atom is 0.340 e. The fourth-order valence-corrected chi connectivity index (χ4v) is 2.82. The van der Waals surface area contributed by atoms with E-state index >= 15 is 0 Å². The van der Waals surface area contributed by atoms with Crippen LogP contribution in [-0.4, -0.2) is 25.7 Å². The third kappa shape index (κ3) is 3.46. The fraction of sp³-hybridized carbons (Fsp3) is 0.562. The number of anilines is 2. The highest BCUT2D eigenvalue weighted by atomic mass is 19.1. The third-order valence-electron chi connectivity index (χ3n) is 4.05. The van der Waals surface area contributed by atoms with Crippen LogP contribution in [0.2, 0.25) is 0 Å². The van der Waals surface area contributed by atoms with E-state index in [-0.39, 0.29) is 23.7 Å². The predicted octanol–water partition coefficient (Wildman–Crippen LogP) is 3.21. The Kier molecular flexibility index (Phi) is 5.04. The molecule has 0 saturated carbocycles. The SMILES string of the molecule is CCOC(=O)c1cc(N2CCCC(CC)C2)c(F)cc1N. The number of carbonyl (C=O) groups excluding carboxylic acids is 1. The van der Waals surface area contributed by atoms with Crippen LogP contribution in [0.4, 0.5) is 15.8 Å². The maximum atomic E-state index is 14.2. The van der Waals surface area contributed by atoms with Crippen molar-refractivity contribution >= 4 is 17.3 Å². The summed E-state index contributed by atoms with van der Waals surface area (Å²) in [5.41, 5.74) is 6.56. The Bertz CT molecular complexity index is 519. The number of benzene rings is 1. The molecule has 1 aromatic rings. The number of rotatable bonds is 4. The zero-order valence-electron chi connectivity index (χ0n) is 12.7. The average Bonchev–Trinajstić information content (AvgIpc) is 2.47. The first-order valence-electron chi connectivity index (χ1n) is 7.57. The van der Waals surface area contributed by atoms with Crippen molar-refractivity contribution in [1.29, 1.82) is 0 Å². The molecule has 0 aliphatic carbocycles. The Hall–Kier alpha value is -1.78. The van der Waals surface area contributed by atoms with Crippen LogP contribution >= 0.6 is 0 Å². The monoisotopic (exact) mass is 294 g/mol. The van der Waals surface area contributed by atoms with E-state index in [0.29, 0.717) is 11.6 Å². The van der Waals surface area contributed by atoms with Crippen LogP contribution in [0.1, 0.15) is 43.5 Å². The molecule has 2 N–H and O–H groups in total. The van der Waals surface area contributed by atoms with Crippen molar-refractivity contribution in [3.05, 3.63) is 23.5 Å². The standard InChI is InChI=1S/C16H23FN2O2/c1-3-11-6-5-7-19(10-11)15-8-12(16(20)21-4-2)14(18)9-13(15)17/h8-9,11H,3-7,10,18H2,1-2H3. The van der Waals surface area contributed by atoms with Crippen LogP contribution in [-0.2, 0) is 4.74 Å². The lowest BCUT2D eigenvalue weighted by Crippen LogP contribution is -2.35. The lowest BCUT2D eigenvalue weighted by molar-refractivity contribution is 0.0527. The summed E-state index contributed by atoms with van der Waals surface area (Å²) in [4.78, 5) is 13.9. The summed E-state index contributed by atoms with van der Waals surface area (Å²) < 4.78 is 19.2. The number of nitrogens with zero attached hydrogens (tertiary/aromatic N) is 1. The van der Waals surface area contributed by atoms with Gasteiger partial charge in [-0.25, -0.2) is 9.18 Å². The summed E-state index contributed by atoms with van der Waals surface area (Å²) in [6.07, 6.45) is 3.29. The number of nitrogens with two attached hydrogens (primary N) is 1. The molecular formula is C16H23FN2O2. The number of hydrogen-bond donors (Lipinski definition) is 1. The molecule has 1 aliphatic heterocycles. The molecule has 1 saturated heterocycles. The molecule has 0 spiro atoms. The zero-order valence-corrected chi connectivity index (χ0v) is 12.7. The van der Waals surface area contributed by atoms with Crippen molar-refractivity contribution in [2.45, 2.75) is 33.1 Å². The third-order valence-corrected chi connectivity index (χ3v) is 4.05. The molecule has 21 heavy (non-hydrogen) atoms. The van der Waals surface area contributed by atoms with E-state index in [2.05, 4.69) is 6.92 Å². The second-order valence-electron chi connectivity index (χ2n) is 5.47. The second-order valence-corrected chi connectivity index (χ2v) is 5.47. The van der Waals surface area contributed by atoms with Crippen LogP contribution in [0, 0.1) is 11.7 Å². The normalized spacial score (nSPS) is 18.6. The average molecular weight is 294 g/mol. The number of carbonyl (C=O) groups is 1. The summed E-state index contributed by atoms with van der Waals surface area (Å²) in [7, 11) is 0. The number of halogens is 1. The first kappa shape index (κ1) is 15.6. The quantitative estimate of drug-likeness (QED) is 0.684. The molecule has 1 unspecified atom stereocenters. The van der Waals surface area contributed by atoms with E-state index in [1.54, 1.807) is 6.92 Å². The number of esters is 1. The fourth-order valence-electron chi connectivity index (χ4n) is 2.82. The number of hydrogen-bond acceptors (Lipinski definition) is 4. The van der Waals surface area contributed by atoms with Crippen molar-refractivity contribution < 1.29 is 13.9 Å². The number of nitrogen functional groups attached to an aromatic ring is 1. The lowest BCUT2D eigenvalue weighted by atomic mass is 9.95. The number of ether oxygens (including phenoxy) is 1. The van der Waals surface area contributed by atoms with Gasteiger partial charge in [0.1, 0.15) is 5.82 Å². The van der Waals surface area contributed by atoms with E-state index < -0.39 is 5.97 Å². The van der Waals surface area contributed by atoms with Crippen LogP contribution in [0.25, 0.3) is 0 Å². The van der Waals surface area contributed by atoms with Gasteiger partial charge in [-0.1, -0.05) is 13.3 Å². The van der Waals surface area contributed by atoms with Crippen molar-refractivity contribution in [1.82, 2.24) is 0 Å². The van der Waals surface area contributed by atoms with Gasteiger partial charge in [0, 0.05) is 18.8 Å². The van der Waals surface area contributed by atoms with Gasteiger partial charge in [0.15, 0.2) is 0 Å². The second kappa shape index (κ2) is 6.78. The molecule has 0 radical (unpaired) electrons. The summed E-state index contributed by atoms with van der Waals surface area (Å²) in [6, 6.07) is 2.75. The van der Waals surface area contributed by atoms with Gasteiger partial charge in [-0.2, -0.15) is 0 Å². The lowest BCUT2D eigenvalue weighted by Gasteiger charge is -2.34. The highest BCUT2D eigenvalue weighted by molar-refractivity contribution is 5.96. The highest BCUT2D eigenvalue weighted by Gasteiger charge is 2.23. The Morgan fingerprint density at radius 1 is 1.48 bits per heavy atom. The molecule has 116 valence electrons. The molecule has 1 atom stereocenters. The van der Waals surface area contributed by atoms with Gasteiger partial charge < -0.3 is 15.4 Å². The van der Waals surface area contributed by atoms with E-state index in [1.165, 1.54) is 18.6 Å². The van der Waals surface area contributed by atoms with E-state index in [1.807, 2.05) is 4.90 Å². The van der Waals surface area contributed by atoms with Gasteiger partial charge in [-0.05, 0) is 37.8 Å². The summed E-state index contributed by atoms with van der Waals surface area (Å²) in [5.74, 6) is -0.306. The Morgan fingerprint density at radius 3 is 2.90 bits per heavy atom. The minimum absolute atomic E-state index is 0.124. The Morgan fingerprint density at radius 2 is 2.24 bits per heavy atom. The minimum atomic E-state index is -0.500. The van der Waals surface area contributed by atoms with E-state index in [0.717, 1.165) is 25.9 Å². The molecule has 2 rings (SSSR count). The van der Waals surface area contributed by atoms with Crippen LogP contribution in [0.15, 0.2) is 12.1 Å². The van der Waals surface area contributed by atoms with Gasteiger partial charge in [0.2, 0.25) is 0 Å². The molecule has 1 fully saturated rings. The van der Waals surface area contributed by atoms with Crippen molar-refractivity contribution in [3.8, 4) is 0 Å². The molecule has 1 aliphatic rings. The summed E-state index contributed by atoms with van der Waals surface area (Å²) in [5, 5.41) is 0. The van der Waals surface area contributed by atoms with Gasteiger partial charge in [0.05, 0.1) is 17.9 Å².